The SMILES string of the molecule is CC1(C)Cc2cc(OC3CCNC3)ccc2-c2ncnc(N)c21. The van der Waals surface area contributed by atoms with Gasteiger partial charge in [-0.15, -0.1) is 0 Å². The van der Waals surface area contributed by atoms with Gasteiger partial charge in [0.2, 0.25) is 0 Å². The van der Waals surface area contributed by atoms with Gasteiger partial charge in [0.25, 0.3) is 0 Å². The van der Waals surface area contributed by atoms with Crippen molar-refractivity contribution in [3.05, 3.63) is 35.7 Å². The van der Waals surface area contributed by atoms with Crippen LogP contribution in [0.15, 0.2) is 24.5 Å². The average Bonchev–Trinajstić information content (AvgIpc) is 2.99. The minimum atomic E-state index is -0.0821. The average molecular weight is 310 g/mol. The molecule has 0 radical (unpaired) electrons. The number of nitrogen functional groups attached to an aromatic ring is 1. The van der Waals surface area contributed by atoms with E-state index in [1.165, 1.54) is 5.56 Å². The molecule has 1 fully saturated rings. The molecule has 0 saturated carbocycles. The van der Waals surface area contributed by atoms with E-state index >= 15 is 0 Å². The Morgan fingerprint density at radius 2 is 2.17 bits per heavy atom. The predicted molar refractivity (Wildman–Crippen MR) is 90.5 cm³/mol. The zero-order valence-electron chi connectivity index (χ0n) is 13.6. The smallest absolute Gasteiger partial charge is 0.131 e. The lowest BCUT2D eigenvalue weighted by Crippen LogP contribution is -2.28. The fourth-order valence-corrected chi connectivity index (χ4v) is 3.78. The van der Waals surface area contributed by atoms with Crippen LogP contribution in [0.5, 0.6) is 5.75 Å². The summed E-state index contributed by atoms with van der Waals surface area (Å²) >= 11 is 0. The summed E-state index contributed by atoms with van der Waals surface area (Å²) in [5, 5.41) is 3.33. The first-order valence-electron chi connectivity index (χ1n) is 8.16. The number of fused-ring (bicyclic) bond motifs is 3. The van der Waals surface area contributed by atoms with Gasteiger partial charge in [-0.05, 0) is 48.6 Å². The molecule has 1 unspecified atom stereocenters. The summed E-state index contributed by atoms with van der Waals surface area (Å²) in [6.07, 6.45) is 3.80. The first-order valence-corrected chi connectivity index (χ1v) is 8.16. The number of benzene rings is 1. The topological polar surface area (TPSA) is 73.1 Å². The van der Waals surface area contributed by atoms with Crippen molar-refractivity contribution in [1.82, 2.24) is 15.3 Å². The van der Waals surface area contributed by atoms with Crippen LogP contribution in [0.4, 0.5) is 5.82 Å². The van der Waals surface area contributed by atoms with Gasteiger partial charge in [0.1, 0.15) is 24.0 Å². The zero-order valence-corrected chi connectivity index (χ0v) is 13.6. The molecule has 2 aliphatic rings. The summed E-state index contributed by atoms with van der Waals surface area (Å²) in [5.74, 6) is 1.53. The Morgan fingerprint density at radius 1 is 1.30 bits per heavy atom. The minimum Gasteiger partial charge on any atom is -0.489 e. The van der Waals surface area contributed by atoms with Crippen LogP contribution in [0.25, 0.3) is 11.3 Å². The van der Waals surface area contributed by atoms with Crippen LogP contribution in [0.1, 0.15) is 31.4 Å². The lowest BCUT2D eigenvalue weighted by atomic mass is 9.72. The van der Waals surface area contributed by atoms with Crippen LogP contribution in [0.2, 0.25) is 0 Å². The van der Waals surface area contributed by atoms with Gasteiger partial charge in [-0.25, -0.2) is 9.97 Å². The number of rotatable bonds is 2. The first-order chi connectivity index (χ1) is 11.0. The molecule has 2 aromatic rings. The molecule has 4 rings (SSSR count). The molecule has 23 heavy (non-hydrogen) atoms. The van der Waals surface area contributed by atoms with Crippen LogP contribution in [-0.2, 0) is 11.8 Å². The molecule has 5 heteroatoms. The molecule has 1 atom stereocenters. The molecule has 120 valence electrons. The number of hydrogen-bond donors (Lipinski definition) is 2. The third-order valence-electron chi connectivity index (χ3n) is 4.84. The van der Waals surface area contributed by atoms with E-state index in [0.717, 1.165) is 48.5 Å². The minimum absolute atomic E-state index is 0.0821. The molecule has 1 aliphatic carbocycles. The second-order valence-electron chi connectivity index (χ2n) is 7.09. The van der Waals surface area contributed by atoms with Gasteiger partial charge in [-0.3, -0.25) is 0 Å². The van der Waals surface area contributed by atoms with Gasteiger partial charge in [0, 0.05) is 17.7 Å². The molecule has 1 saturated heterocycles. The Balaban J connectivity index is 1.75. The van der Waals surface area contributed by atoms with Crippen LogP contribution in [0.3, 0.4) is 0 Å². The summed E-state index contributed by atoms with van der Waals surface area (Å²) in [7, 11) is 0. The summed E-state index contributed by atoms with van der Waals surface area (Å²) in [4.78, 5) is 8.69. The molecule has 1 aromatic carbocycles. The maximum Gasteiger partial charge on any atom is 0.131 e. The molecule has 0 bridgehead atoms. The van der Waals surface area contributed by atoms with Crippen molar-refractivity contribution in [2.45, 2.75) is 38.2 Å². The highest BCUT2D eigenvalue weighted by atomic mass is 16.5. The van der Waals surface area contributed by atoms with E-state index < -0.39 is 0 Å². The fourth-order valence-electron chi connectivity index (χ4n) is 3.78. The number of nitrogens with two attached hydrogens (primary N) is 1. The lowest BCUT2D eigenvalue weighted by molar-refractivity contribution is 0.223. The normalized spacial score (nSPS) is 21.6. The van der Waals surface area contributed by atoms with Crippen LogP contribution in [0, 0.1) is 0 Å². The molecule has 1 aromatic heterocycles. The standard InChI is InChI=1S/C18H22N4O/c1-18(2)8-11-7-12(23-13-5-6-20-9-13)3-4-14(11)16-15(18)17(19)22-10-21-16/h3-4,7,10,13,20H,5-6,8-9H2,1-2H3,(H2,19,21,22). The lowest BCUT2D eigenvalue weighted by Gasteiger charge is -2.34. The van der Waals surface area contributed by atoms with Gasteiger partial charge in [0.05, 0.1) is 5.69 Å². The highest BCUT2D eigenvalue weighted by Crippen LogP contribution is 2.44. The van der Waals surface area contributed by atoms with Crippen molar-refractivity contribution in [2.24, 2.45) is 0 Å². The van der Waals surface area contributed by atoms with Gasteiger partial charge in [-0.2, -0.15) is 0 Å². The van der Waals surface area contributed by atoms with Crippen LogP contribution in [-0.4, -0.2) is 29.2 Å². The number of hydrogen-bond acceptors (Lipinski definition) is 5. The summed E-state index contributed by atoms with van der Waals surface area (Å²) in [6.45, 7) is 6.35. The predicted octanol–water partition coefficient (Wildman–Crippen LogP) is 2.30. The molecular weight excluding hydrogens is 288 g/mol. The number of nitrogens with zero attached hydrogens (tertiary/aromatic N) is 2. The van der Waals surface area contributed by atoms with Gasteiger partial charge < -0.3 is 15.8 Å². The van der Waals surface area contributed by atoms with Gasteiger partial charge in [0.15, 0.2) is 0 Å². The molecule has 1 aliphatic heterocycles. The van der Waals surface area contributed by atoms with E-state index in [0.29, 0.717) is 5.82 Å². The molecule has 3 N–H and O–H groups in total. The second kappa shape index (κ2) is 5.20. The summed E-state index contributed by atoms with van der Waals surface area (Å²) < 4.78 is 6.10. The largest absolute Gasteiger partial charge is 0.489 e. The Bertz CT molecular complexity index is 751. The number of anilines is 1. The van der Waals surface area contributed by atoms with Gasteiger partial charge in [-0.1, -0.05) is 13.8 Å². The van der Waals surface area contributed by atoms with E-state index in [1.807, 2.05) is 6.07 Å². The maximum absolute atomic E-state index is 6.13. The highest BCUT2D eigenvalue weighted by Gasteiger charge is 2.34. The third kappa shape index (κ3) is 2.45. The second-order valence-corrected chi connectivity index (χ2v) is 7.09. The molecule has 0 amide bonds. The van der Waals surface area contributed by atoms with Crippen molar-refractivity contribution in [2.75, 3.05) is 18.8 Å². The van der Waals surface area contributed by atoms with E-state index in [4.69, 9.17) is 10.5 Å². The molecule has 0 spiro atoms. The van der Waals surface area contributed by atoms with E-state index in [2.05, 4.69) is 41.3 Å². The Kier molecular flexibility index (Phi) is 3.27. The molecule has 2 heterocycles. The Morgan fingerprint density at radius 3 is 2.96 bits per heavy atom. The number of aromatic nitrogens is 2. The van der Waals surface area contributed by atoms with E-state index in [-0.39, 0.29) is 11.5 Å². The van der Waals surface area contributed by atoms with Crippen molar-refractivity contribution in [1.29, 1.82) is 0 Å². The highest BCUT2D eigenvalue weighted by molar-refractivity contribution is 5.75. The van der Waals surface area contributed by atoms with Crippen molar-refractivity contribution >= 4 is 5.82 Å². The first kappa shape index (κ1) is 14.5. The summed E-state index contributed by atoms with van der Waals surface area (Å²) in [5.41, 5.74) is 10.5. The van der Waals surface area contributed by atoms with Crippen molar-refractivity contribution < 1.29 is 4.74 Å². The maximum atomic E-state index is 6.13. The number of nitrogens with one attached hydrogen (secondary N) is 1. The number of ether oxygens (including phenoxy) is 1. The van der Waals surface area contributed by atoms with Crippen molar-refractivity contribution in [3.8, 4) is 17.0 Å². The van der Waals surface area contributed by atoms with E-state index in [1.54, 1.807) is 6.33 Å². The van der Waals surface area contributed by atoms with Crippen molar-refractivity contribution in [3.63, 3.8) is 0 Å². The monoisotopic (exact) mass is 310 g/mol. The van der Waals surface area contributed by atoms with Crippen LogP contribution >= 0.6 is 0 Å². The van der Waals surface area contributed by atoms with Crippen LogP contribution < -0.4 is 15.8 Å². The summed E-state index contributed by atoms with van der Waals surface area (Å²) in [6, 6.07) is 6.31. The Labute approximate surface area is 136 Å². The molecule has 5 nitrogen and oxygen atoms in total. The Hall–Kier alpha value is -2.14. The fraction of sp³-hybridized carbons (Fsp3) is 0.444. The zero-order chi connectivity index (χ0) is 16.0. The van der Waals surface area contributed by atoms with E-state index in [9.17, 15) is 0 Å². The quantitative estimate of drug-likeness (QED) is 0.890. The third-order valence-corrected chi connectivity index (χ3v) is 4.84. The van der Waals surface area contributed by atoms with Gasteiger partial charge >= 0.3 is 0 Å². The molecular formula is C18H22N4O.